The Morgan fingerprint density at radius 1 is 0.947 bits per heavy atom. The zero-order chi connectivity index (χ0) is 13.3. The van der Waals surface area contributed by atoms with Gasteiger partial charge in [-0.2, -0.15) is 0 Å². The van der Waals surface area contributed by atoms with Crippen LogP contribution in [0.3, 0.4) is 0 Å². The molecule has 1 unspecified atom stereocenters. The van der Waals surface area contributed by atoms with Gasteiger partial charge in [-0.3, -0.25) is 0 Å². The Morgan fingerprint density at radius 2 is 1.68 bits per heavy atom. The highest BCUT2D eigenvalue weighted by molar-refractivity contribution is 6.30. The second-order valence-electron chi connectivity index (χ2n) is 5.34. The average molecular weight is 272 g/mol. The zero-order valence-electron chi connectivity index (χ0n) is 10.9. The van der Waals surface area contributed by atoms with Crippen LogP contribution in [0, 0.1) is 0 Å². The molecule has 1 atom stereocenters. The molecule has 0 aromatic heterocycles. The highest BCUT2D eigenvalue weighted by atomic mass is 35.5. The number of halogens is 1. The largest absolute Gasteiger partial charge is 0.318 e. The standard InChI is InChI=1S/C17H18ClN/c18-15-10-8-14(9-11-15)17(19)12-4-3-6-13-5-1-2-7-16(13)17/h1-2,5,7-11H,3-4,6,12,19H2. The molecule has 2 aromatic carbocycles. The lowest BCUT2D eigenvalue weighted by atomic mass is 9.79. The molecule has 1 aliphatic rings. The molecule has 2 heteroatoms. The van der Waals surface area contributed by atoms with E-state index in [0.29, 0.717) is 0 Å². The summed E-state index contributed by atoms with van der Waals surface area (Å²) >= 11 is 5.99. The van der Waals surface area contributed by atoms with E-state index in [0.717, 1.165) is 29.8 Å². The van der Waals surface area contributed by atoms with Crippen LogP contribution in [0.1, 0.15) is 36.0 Å². The lowest BCUT2D eigenvalue weighted by Gasteiger charge is -2.31. The van der Waals surface area contributed by atoms with Gasteiger partial charge in [0.1, 0.15) is 0 Å². The predicted octanol–water partition coefficient (Wildman–Crippen LogP) is 4.27. The van der Waals surface area contributed by atoms with Crippen molar-refractivity contribution in [1.29, 1.82) is 0 Å². The summed E-state index contributed by atoms with van der Waals surface area (Å²) in [5.74, 6) is 0. The van der Waals surface area contributed by atoms with Crippen LogP contribution < -0.4 is 5.73 Å². The monoisotopic (exact) mass is 271 g/mol. The molecule has 0 aliphatic heterocycles. The van der Waals surface area contributed by atoms with E-state index in [1.165, 1.54) is 17.5 Å². The molecule has 19 heavy (non-hydrogen) atoms. The molecule has 0 amide bonds. The van der Waals surface area contributed by atoms with E-state index in [2.05, 4.69) is 36.4 Å². The van der Waals surface area contributed by atoms with Gasteiger partial charge in [-0.25, -0.2) is 0 Å². The van der Waals surface area contributed by atoms with Crippen molar-refractivity contribution >= 4 is 11.6 Å². The third-order valence-corrected chi connectivity index (χ3v) is 4.38. The Kier molecular flexibility index (Phi) is 3.34. The molecule has 2 N–H and O–H groups in total. The van der Waals surface area contributed by atoms with Gasteiger partial charge in [-0.1, -0.05) is 54.4 Å². The Labute approximate surface area is 119 Å². The topological polar surface area (TPSA) is 26.0 Å². The molecule has 0 bridgehead atoms. The summed E-state index contributed by atoms with van der Waals surface area (Å²) in [6.45, 7) is 0. The molecule has 0 heterocycles. The maximum absolute atomic E-state index is 6.80. The van der Waals surface area contributed by atoms with Gasteiger partial charge < -0.3 is 5.73 Å². The van der Waals surface area contributed by atoms with Gasteiger partial charge in [0.25, 0.3) is 0 Å². The molecule has 0 saturated heterocycles. The van der Waals surface area contributed by atoms with E-state index in [9.17, 15) is 0 Å². The van der Waals surface area contributed by atoms with Crippen LogP contribution in [-0.4, -0.2) is 0 Å². The van der Waals surface area contributed by atoms with Crippen molar-refractivity contribution in [2.75, 3.05) is 0 Å². The maximum atomic E-state index is 6.80. The second-order valence-corrected chi connectivity index (χ2v) is 5.78. The molecule has 2 aromatic rings. The summed E-state index contributed by atoms with van der Waals surface area (Å²) in [7, 11) is 0. The first-order valence-electron chi connectivity index (χ1n) is 6.83. The number of hydrogen-bond acceptors (Lipinski definition) is 1. The van der Waals surface area contributed by atoms with E-state index >= 15 is 0 Å². The summed E-state index contributed by atoms with van der Waals surface area (Å²) in [4.78, 5) is 0. The summed E-state index contributed by atoms with van der Waals surface area (Å²) < 4.78 is 0. The molecule has 0 saturated carbocycles. The molecule has 1 aliphatic carbocycles. The number of aryl methyl sites for hydroxylation is 1. The van der Waals surface area contributed by atoms with Crippen LogP contribution in [0.5, 0.6) is 0 Å². The molecule has 3 rings (SSSR count). The number of nitrogens with two attached hydrogens (primary N) is 1. The highest BCUT2D eigenvalue weighted by Crippen LogP contribution is 2.37. The van der Waals surface area contributed by atoms with Gasteiger partial charge in [0.2, 0.25) is 0 Å². The van der Waals surface area contributed by atoms with Gasteiger partial charge in [0, 0.05) is 5.02 Å². The Hall–Kier alpha value is -1.31. The minimum Gasteiger partial charge on any atom is -0.318 e. The summed E-state index contributed by atoms with van der Waals surface area (Å²) in [6, 6.07) is 16.6. The third kappa shape index (κ3) is 2.29. The van der Waals surface area contributed by atoms with Crippen LogP contribution in [0.4, 0.5) is 0 Å². The van der Waals surface area contributed by atoms with Crippen LogP contribution in [0.2, 0.25) is 5.02 Å². The van der Waals surface area contributed by atoms with Crippen molar-refractivity contribution in [3.05, 3.63) is 70.2 Å². The van der Waals surface area contributed by atoms with Gasteiger partial charge in [-0.15, -0.1) is 0 Å². The van der Waals surface area contributed by atoms with Crippen molar-refractivity contribution in [1.82, 2.24) is 0 Å². The quantitative estimate of drug-likeness (QED) is 0.770. The van der Waals surface area contributed by atoms with E-state index in [4.69, 9.17) is 17.3 Å². The van der Waals surface area contributed by atoms with Gasteiger partial charge >= 0.3 is 0 Å². The Balaban J connectivity index is 2.14. The molecular weight excluding hydrogens is 254 g/mol. The fourth-order valence-electron chi connectivity index (χ4n) is 3.07. The van der Waals surface area contributed by atoms with Crippen LogP contribution in [0.15, 0.2) is 48.5 Å². The van der Waals surface area contributed by atoms with Crippen molar-refractivity contribution < 1.29 is 0 Å². The first-order valence-corrected chi connectivity index (χ1v) is 7.21. The summed E-state index contributed by atoms with van der Waals surface area (Å²) in [5, 5.41) is 0.759. The predicted molar refractivity (Wildman–Crippen MR) is 80.4 cm³/mol. The zero-order valence-corrected chi connectivity index (χ0v) is 11.7. The van der Waals surface area contributed by atoms with Crippen LogP contribution in [-0.2, 0) is 12.0 Å². The normalized spacial score (nSPS) is 22.6. The smallest absolute Gasteiger partial charge is 0.0668 e. The summed E-state index contributed by atoms with van der Waals surface area (Å²) in [6.07, 6.45) is 4.49. The van der Waals surface area contributed by atoms with E-state index < -0.39 is 0 Å². The highest BCUT2D eigenvalue weighted by Gasteiger charge is 2.32. The third-order valence-electron chi connectivity index (χ3n) is 4.12. The lowest BCUT2D eigenvalue weighted by Crippen LogP contribution is -2.38. The van der Waals surface area contributed by atoms with Crippen molar-refractivity contribution in [2.24, 2.45) is 5.73 Å². The molecule has 0 spiro atoms. The van der Waals surface area contributed by atoms with Crippen LogP contribution in [0.25, 0.3) is 0 Å². The molecule has 0 fully saturated rings. The number of fused-ring (bicyclic) bond motifs is 1. The first kappa shape index (κ1) is 12.7. The second kappa shape index (κ2) is 4.99. The number of rotatable bonds is 1. The fraction of sp³-hybridized carbons (Fsp3) is 0.294. The van der Waals surface area contributed by atoms with Gasteiger partial charge in [0.05, 0.1) is 5.54 Å². The SMILES string of the molecule is NC1(c2ccc(Cl)cc2)CCCCc2ccccc21. The minimum atomic E-state index is -0.377. The molecule has 1 nitrogen and oxygen atoms in total. The number of hydrogen-bond donors (Lipinski definition) is 1. The fourth-order valence-corrected chi connectivity index (χ4v) is 3.20. The summed E-state index contributed by atoms with van der Waals surface area (Å²) in [5.41, 5.74) is 10.2. The Morgan fingerprint density at radius 3 is 2.47 bits per heavy atom. The maximum Gasteiger partial charge on any atom is 0.0668 e. The average Bonchev–Trinajstić information content (AvgIpc) is 2.61. The number of benzene rings is 2. The lowest BCUT2D eigenvalue weighted by molar-refractivity contribution is 0.480. The minimum absolute atomic E-state index is 0.377. The van der Waals surface area contributed by atoms with E-state index in [1.807, 2.05) is 12.1 Å². The van der Waals surface area contributed by atoms with Crippen molar-refractivity contribution in [3.8, 4) is 0 Å². The van der Waals surface area contributed by atoms with E-state index in [-0.39, 0.29) is 5.54 Å². The first-order chi connectivity index (χ1) is 9.20. The van der Waals surface area contributed by atoms with Crippen molar-refractivity contribution in [3.63, 3.8) is 0 Å². The van der Waals surface area contributed by atoms with Crippen LogP contribution >= 0.6 is 11.6 Å². The van der Waals surface area contributed by atoms with E-state index in [1.54, 1.807) is 0 Å². The van der Waals surface area contributed by atoms with Gasteiger partial charge in [-0.05, 0) is 48.1 Å². The Bertz CT molecular complexity index is 576. The van der Waals surface area contributed by atoms with Gasteiger partial charge in [0.15, 0.2) is 0 Å². The molecular formula is C17H18ClN. The van der Waals surface area contributed by atoms with Crippen molar-refractivity contribution in [2.45, 2.75) is 31.2 Å². The molecule has 0 radical (unpaired) electrons. The molecule has 98 valence electrons.